The largest absolute Gasteiger partial charge is 0.297 e. The Morgan fingerprint density at radius 3 is 2.94 bits per heavy atom. The molecule has 0 aliphatic rings. The fourth-order valence-corrected chi connectivity index (χ4v) is 3.02. The second-order valence-electron chi connectivity index (χ2n) is 3.44. The molecule has 0 saturated carbocycles. The number of carbonyl (C=O) groups excluding carboxylic acids is 1. The van der Waals surface area contributed by atoms with E-state index in [0.717, 1.165) is 10.1 Å². The number of aromatic nitrogens is 1. The monoisotopic (exact) mass is 260 g/mol. The van der Waals surface area contributed by atoms with Crippen molar-refractivity contribution in [2.75, 3.05) is 5.32 Å². The van der Waals surface area contributed by atoms with Crippen LogP contribution < -0.4 is 5.32 Å². The SMILES string of the molecule is O=C(Nc1nccs1)c1cc2ccccc2s1. The average molecular weight is 260 g/mol. The second kappa shape index (κ2) is 4.27. The van der Waals surface area contributed by atoms with Crippen molar-refractivity contribution < 1.29 is 4.79 Å². The van der Waals surface area contributed by atoms with E-state index in [4.69, 9.17) is 0 Å². The topological polar surface area (TPSA) is 42.0 Å². The highest BCUT2D eigenvalue weighted by Gasteiger charge is 2.10. The minimum Gasteiger partial charge on any atom is -0.297 e. The Labute approximate surface area is 106 Å². The van der Waals surface area contributed by atoms with Crippen LogP contribution in [0.3, 0.4) is 0 Å². The van der Waals surface area contributed by atoms with Crippen LogP contribution in [0.5, 0.6) is 0 Å². The van der Waals surface area contributed by atoms with Crippen LogP contribution in [0, 0.1) is 0 Å². The third-order valence-corrected chi connectivity index (χ3v) is 4.11. The van der Waals surface area contributed by atoms with Crippen LogP contribution in [0.2, 0.25) is 0 Å². The van der Waals surface area contributed by atoms with Crippen molar-refractivity contribution in [2.45, 2.75) is 0 Å². The molecule has 0 fully saturated rings. The van der Waals surface area contributed by atoms with Gasteiger partial charge in [0.05, 0.1) is 4.88 Å². The van der Waals surface area contributed by atoms with E-state index in [0.29, 0.717) is 10.0 Å². The van der Waals surface area contributed by atoms with Gasteiger partial charge < -0.3 is 0 Å². The summed E-state index contributed by atoms with van der Waals surface area (Å²) in [6.45, 7) is 0. The zero-order chi connectivity index (χ0) is 11.7. The number of hydrogen-bond donors (Lipinski definition) is 1. The summed E-state index contributed by atoms with van der Waals surface area (Å²) in [6.07, 6.45) is 1.67. The van der Waals surface area contributed by atoms with Crippen LogP contribution in [0.4, 0.5) is 5.13 Å². The quantitative estimate of drug-likeness (QED) is 0.764. The van der Waals surface area contributed by atoms with Crippen molar-refractivity contribution in [2.24, 2.45) is 0 Å². The number of nitrogens with zero attached hydrogens (tertiary/aromatic N) is 1. The summed E-state index contributed by atoms with van der Waals surface area (Å²) in [7, 11) is 0. The summed E-state index contributed by atoms with van der Waals surface area (Å²) in [5, 5.41) is 6.34. The lowest BCUT2D eigenvalue weighted by molar-refractivity contribution is 0.103. The fraction of sp³-hybridized carbons (Fsp3) is 0. The molecule has 17 heavy (non-hydrogen) atoms. The molecule has 0 unspecified atom stereocenters. The number of hydrogen-bond acceptors (Lipinski definition) is 4. The van der Waals surface area contributed by atoms with Gasteiger partial charge in [-0.1, -0.05) is 18.2 Å². The molecule has 0 radical (unpaired) electrons. The molecule has 3 rings (SSSR count). The van der Waals surface area contributed by atoms with Gasteiger partial charge in [0, 0.05) is 16.3 Å². The van der Waals surface area contributed by atoms with Gasteiger partial charge in [-0.3, -0.25) is 10.1 Å². The number of thiazole rings is 1. The molecule has 2 heterocycles. The van der Waals surface area contributed by atoms with Crippen LogP contribution in [-0.4, -0.2) is 10.9 Å². The van der Waals surface area contributed by atoms with Gasteiger partial charge in [-0.25, -0.2) is 4.98 Å². The van der Waals surface area contributed by atoms with Crippen LogP contribution in [0.15, 0.2) is 41.9 Å². The Morgan fingerprint density at radius 1 is 1.29 bits per heavy atom. The summed E-state index contributed by atoms with van der Waals surface area (Å²) in [6, 6.07) is 9.87. The summed E-state index contributed by atoms with van der Waals surface area (Å²) in [4.78, 5) is 16.7. The van der Waals surface area contributed by atoms with Crippen molar-refractivity contribution in [3.63, 3.8) is 0 Å². The minimum atomic E-state index is -0.0962. The molecule has 1 N–H and O–H groups in total. The van der Waals surface area contributed by atoms with E-state index in [-0.39, 0.29) is 5.91 Å². The molecule has 1 amide bonds. The molecule has 5 heteroatoms. The third kappa shape index (κ3) is 2.07. The standard InChI is InChI=1S/C12H8N2OS2/c15-11(14-12-13-5-6-16-12)10-7-8-3-1-2-4-9(8)17-10/h1-7H,(H,13,14,15). The number of nitrogens with one attached hydrogen (secondary N) is 1. The molecule has 0 spiro atoms. The highest BCUT2D eigenvalue weighted by atomic mass is 32.1. The first kappa shape index (κ1) is 10.4. The lowest BCUT2D eigenvalue weighted by Gasteiger charge is -1.96. The highest BCUT2D eigenvalue weighted by Crippen LogP contribution is 2.26. The molecule has 0 atom stereocenters. The van der Waals surface area contributed by atoms with E-state index in [9.17, 15) is 4.79 Å². The smallest absolute Gasteiger partial charge is 0.267 e. The van der Waals surface area contributed by atoms with E-state index in [1.165, 1.54) is 22.7 Å². The van der Waals surface area contributed by atoms with Gasteiger partial charge in [0.1, 0.15) is 0 Å². The maximum Gasteiger partial charge on any atom is 0.267 e. The maximum absolute atomic E-state index is 11.9. The third-order valence-electron chi connectivity index (χ3n) is 2.30. The highest BCUT2D eigenvalue weighted by molar-refractivity contribution is 7.21. The molecule has 0 saturated heterocycles. The predicted molar refractivity (Wildman–Crippen MR) is 71.9 cm³/mol. The Morgan fingerprint density at radius 2 is 2.18 bits per heavy atom. The molecule has 0 bridgehead atoms. The second-order valence-corrected chi connectivity index (χ2v) is 5.42. The van der Waals surface area contributed by atoms with Crippen molar-refractivity contribution in [3.8, 4) is 0 Å². The summed E-state index contributed by atoms with van der Waals surface area (Å²) in [5.74, 6) is -0.0962. The van der Waals surface area contributed by atoms with Gasteiger partial charge in [-0.15, -0.1) is 22.7 Å². The van der Waals surface area contributed by atoms with Crippen molar-refractivity contribution in [1.82, 2.24) is 4.98 Å². The zero-order valence-corrected chi connectivity index (χ0v) is 10.3. The number of fused-ring (bicyclic) bond motifs is 1. The van der Waals surface area contributed by atoms with Gasteiger partial charge in [0.15, 0.2) is 5.13 Å². The molecule has 84 valence electrons. The minimum absolute atomic E-state index is 0.0962. The van der Waals surface area contributed by atoms with Crippen LogP contribution in [-0.2, 0) is 0 Å². The van der Waals surface area contributed by atoms with E-state index in [2.05, 4.69) is 10.3 Å². The van der Waals surface area contributed by atoms with E-state index in [1.54, 1.807) is 6.20 Å². The lowest BCUT2D eigenvalue weighted by Crippen LogP contribution is -2.09. The number of benzene rings is 1. The van der Waals surface area contributed by atoms with E-state index < -0.39 is 0 Å². The Hall–Kier alpha value is -1.72. The number of anilines is 1. The average Bonchev–Trinajstić information content (AvgIpc) is 2.96. The van der Waals surface area contributed by atoms with Crippen LogP contribution >= 0.6 is 22.7 Å². The molecule has 0 aliphatic carbocycles. The van der Waals surface area contributed by atoms with E-state index in [1.807, 2.05) is 35.7 Å². The Kier molecular flexibility index (Phi) is 2.62. The van der Waals surface area contributed by atoms with Crippen LogP contribution in [0.1, 0.15) is 9.67 Å². The first-order chi connectivity index (χ1) is 8.33. The first-order valence-corrected chi connectivity index (χ1v) is 6.72. The molecule has 2 aromatic heterocycles. The molecule has 3 aromatic rings. The number of thiophene rings is 1. The zero-order valence-electron chi connectivity index (χ0n) is 8.71. The molecule has 1 aromatic carbocycles. The van der Waals surface area contributed by atoms with Gasteiger partial charge in [-0.2, -0.15) is 0 Å². The molecular formula is C12H8N2OS2. The Balaban J connectivity index is 1.90. The van der Waals surface area contributed by atoms with Crippen molar-refractivity contribution >= 4 is 43.8 Å². The van der Waals surface area contributed by atoms with Crippen molar-refractivity contribution in [3.05, 3.63) is 46.8 Å². The Bertz CT molecular complexity index is 625. The molecule has 3 nitrogen and oxygen atoms in total. The molecule has 0 aliphatic heterocycles. The van der Waals surface area contributed by atoms with Crippen LogP contribution in [0.25, 0.3) is 10.1 Å². The maximum atomic E-state index is 11.9. The first-order valence-electron chi connectivity index (χ1n) is 5.02. The number of carbonyl (C=O) groups is 1. The fourth-order valence-electron chi connectivity index (χ4n) is 1.54. The van der Waals surface area contributed by atoms with Gasteiger partial charge >= 0.3 is 0 Å². The van der Waals surface area contributed by atoms with Gasteiger partial charge in [-0.05, 0) is 17.5 Å². The number of rotatable bonds is 2. The normalized spacial score (nSPS) is 10.6. The summed E-state index contributed by atoms with van der Waals surface area (Å²) >= 11 is 2.91. The number of amides is 1. The summed E-state index contributed by atoms with van der Waals surface area (Å²) in [5.41, 5.74) is 0. The van der Waals surface area contributed by atoms with Gasteiger partial charge in [0.2, 0.25) is 0 Å². The predicted octanol–water partition coefficient (Wildman–Crippen LogP) is 3.61. The van der Waals surface area contributed by atoms with Crippen molar-refractivity contribution in [1.29, 1.82) is 0 Å². The summed E-state index contributed by atoms with van der Waals surface area (Å²) < 4.78 is 1.12. The van der Waals surface area contributed by atoms with E-state index >= 15 is 0 Å². The van der Waals surface area contributed by atoms with Gasteiger partial charge in [0.25, 0.3) is 5.91 Å². The molecular weight excluding hydrogens is 252 g/mol. The lowest BCUT2D eigenvalue weighted by atomic mass is 10.2.